The zero-order chi connectivity index (χ0) is 9.90. The molecule has 0 radical (unpaired) electrons. The molecule has 1 heterocycles. The Hall–Kier alpha value is -0.370. The summed E-state index contributed by atoms with van der Waals surface area (Å²) < 4.78 is 0. The summed E-state index contributed by atoms with van der Waals surface area (Å²) in [6, 6.07) is 0.127. The zero-order valence-electron chi connectivity index (χ0n) is 8.97. The molecule has 0 aliphatic carbocycles. The fourth-order valence-electron chi connectivity index (χ4n) is 1.88. The van der Waals surface area contributed by atoms with Gasteiger partial charge in [-0.15, -0.1) is 0 Å². The molecule has 0 saturated carbocycles. The smallest absolute Gasteiger partial charge is 0.137 e. The van der Waals surface area contributed by atoms with Gasteiger partial charge in [0, 0.05) is 0 Å². The number of rotatable bonds is 3. The van der Waals surface area contributed by atoms with Crippen molar-refractivity contribution in [3.8, 4) is 0 Å². The minimum absolute atomic E-state index is 0.127. The van der Waals surface area contributed by atoms with Crippen LogP contribution in [0.2, 0.25) is 0 Å². The Morgan fingerprint density at radius 1 is 1.46 bits per heavy atom. The lowest BCUT2D eigenvalue weighted by molar-refractivity contribution is -0.110. The van der Waals surface area contributed by atoms with Crippen molar-refractivity contribution < 1.29 is 4.79 Å². The topological polar surface area (TPSA) is 29.1 Å². The maximum atomic E-state index is 10.7. The molecule has 76 valence electrons. The summed E-state index contributed by atoms with van der Waals surface area (Å²) >= 11 is 0. The van der Waals surface area contributed by atoms with E-state index in [4.69, 9.17) is 0 Å². The molecule has 0 spiro atoms. The summed E-state index contributed by atoms with van der Waals surface area (Å²) in [5.74, 6) is 0.580. The molecule has 0 aromatic heterocycles. The van der Waals surface area contributed by atoms with Crippen molar-refractivity contribution >= 4 is 6.29 Å². The van der Waals surface area contributed by atoms with E-state index in [1.165, 1.54) is 19.3 Å². The van der Waals surface area contributed by atoms with Crippen LogP contribution in [0.4, 0.5) is 0 Å². The second kappa shape index (κ2) is 4.23. The average molecular weight is 183 g/mol. The Morgan fingerprint density at radius 3 is 2.69 bits per heavy atom. The molecule has 0 aromatic carbocycles. The van der Waals surface area contributed by atoms with E-state index >= 15 is 0 Å². The molecular weight excluding hydrogens is 162 g/mol. The predicted octanol–water partition coefficient (Wildman–Crippen LogP) is 1.99. The first-order chi connectivity index (χ1) is 6.03. The maximum absolute atomic E-state index is 10.7. The summed E-state index contributed by atoms with van der Waals surface area (Å²) in [6.45, 7) is 7.78. The van der Waals surface area contributed by atoms with Gasteiger partial charge in [0.1, 0.15) is 6.29 Å². The Kier molecular flexibility index (Phi) is 3.48. The maximum Gasteiger partial charge on any atom is 0.137 e. The van der Waals surface area contributed by atoms with E-state index < -0.39 is 0 Å². The summed E-state index contributed by atoms with van der Waals surface area (Å²) in [5, 5.41) is 3.22. The molecular formula is C11H21NO. The normalized spacial score (nSPS) is 29.2. The standard InChI is InChI=1S/C11H21NO/c1-11(2,3)6-4-9-5-7-12-10(9)8-13/h8-10,12H,4-7H2,1-3H3. The van der Waals surface area contributed by atoms with Crippen LogP contribution in [0.5, 0.6) is 0 Å². The van der Waals surface area contributed by atoms with Crippen molar-refractivity contribution in [2.24, 2.45) is 11.3 Å². The molecule has 2 atom stereocenters. The van der Waals surface area contributed by atoms with E-state index in [1.54, 1.807) is 0 Å². The number of carbonyl (C=O) groups is 1. The van der Waals surface area contributed by atoms with Crippen molar-refractivity contribution in [3.05, 3.63) is 0 Å². The van der Waals surface area contributed by atoms with Gasteiger partial charge in [-0.2, -0.15) is 0 Å². The molecule has 2 heteroatoms. The number of carbonyl (C=O) groups excluding carboxylic acids is 1. The number of aldehydes is 1. The molecule has 1 aliphatic heterocycles. The van der Waals surface area contributed by atoms with Gasteiger partial charge in [-0.25, -0.2) is 0 Å². The molecule has 1 N–H and O–H groups in total. The first kappa shape index (κ1) is 10.7. The molecule has 2 nitrogen and oxygen atoms in total. The monoisotopic (exact) mass is 183 g/mol. The third-order valence-corrected chi connectivity index (χ3v) is 2.81. The molecule has 0 aromatic rings. The molecule has 1 fully saturated rings. The predicted molar refractivity (Wildman–Crippen MR) is 54.7 cm³/mol. The van der Waals surface area contributed by atoms with Crippen LogP contribution < -0.4 is 5.32 Å². The second-order valence-electron chi connectivity index (χ2n) is 5.26. The number of hydrogen-bond acceptors (Lipinski definition) is 2. The number of nitrogens with one attached hydrogen (secondary N) is 1. The van der Waals surface area contributed by atoms with Crippen LogP contribution >= 0.6 is 0 Å². The van der Waals surface area contributed by atoms with Gasteiger partial charge in [-0.05, 0) is 37.1 Å². The molecule has 1 rings (SSSR count). The van der Waals surface area contributed by atoms with E-state index in [-0.39, 0.29) is 6.04 Å². The van der Waals surface area contributed by atoms with E-state index in [9.17, 15) is 4.79 Å². The summed E-state index contributed by atoms with van der Waals surface area (Å²) in [7, 11) is 0. The third-order valence-electron chi connectivity index (χ3n) is 2.81. The largest absolute Gasteiger partial charge is 0.307 e. The first-order valence-electron chi connectivity index (χ1n) is 5.21. The Labute approximate surface area is 81.1 Å². The van der Waals surface area contributed by atoms with E-state index in [1.807, 2.05) is 0 Å². The van der Waals surface area contributed by atoms with Crippen LogP contribution in [-0.2, 0) is 4.79 Å². The van der Waals surface area contributed by atoms with Crippen molar-refractivity contribution in [1.29, 1.82) is 0 Å². The highest BCUT2D eigenvalue weighted by molar-refractivity contribution is 5.58. The van der Waals surface area contributed by atoms with E-state index in [2.05, 4.69) is 26.1 Å². The molecule has 1 saturated heterocycles. The fourth-order valence-corrected chi connectivity index (χ4v) is 1.88. The minimum Gasteiger partial charge on any atom is -0.307 e. The van der Waals surface area contributed by atoms with Crippen LogP contribution in [0.15, 0.2) is 0 Å². The van der Waals surface area contributed by atoms with Crippen LogP contribution in [0.1, 0.15) is 40.0 Å². The van der Waals surface area contributed by atoms with Gasteiger partial charge in [0.2, 0.25) is 0 Å². The lowest BCUT2D eigenvalue weighted by atomic mass is 9.84. The van der Waals surface area contributed by atoms with Crippen molar-refractivity contribution in [2.45, 2.75) is 46.1 Å². The van der Waals surface area contributed by atoms with Gasteiger partial charge < -0.3 is 10.1 Å². The highest BCUT2D eigenvalue weighted by Crippen LogP contribution is 2.27. The van der Waals surface area contributed by atoms with Crippen molar-refractivity contribution in [2.75, 3.05) is 6.54 Å². The summed E-state index contributed by atoms with van der Waals surface area (Å²) in [4.78, 5) is 10.7. The van der Waals surface area contributed by atoms with Gasteiger partial charge in [0.25, 0.3) is 0 Å². The lowest BCUT2D eigenvalue weighted by Crippen LogP contribution is -2.28. The molecule has 13 heavy (non-hydrogen) atoms. The quantitative estimate of drug-likeness (QED) is 0.678. The summed E-state index contributed by atoms with van der Waals surface area (Å²) in [6.07, 6.45) is 4.63. The SMILES string of the molecule is CC(C)(C)CCC1CCNC1C=O. The van der Waals surface area contributed by atoms with Crippen LogP contribution in [0.25, 0.3) is 0 Å². The summed E-state index contributed by atoms with van der Waals surface area (Å²) in [5.41, 5.74) is 0.399. The van der Waals surface area contributed by atoms with Gasteiger partial charge in [-0.3, -0.25) is 0 Å². The highest BCUT2D eigenvalue weighted by atomic mass is 16.1. The molecule has 0 bridgehead atoms. The molecule has 1 aliphatic rings. The molecule has 0 amide bonds. The minimum atomic E-state index is 0.127. The van der Waals surface area contributed by atoms with Crippen LogP contribution in [0.3, 0.4) is 0 Å². The van der Waals surface area contributed by atoms with E-state index in [0.29, 0.717) is 11.3 Å². The van der Waals surface area contributed by atoms with Crippen molar-refractivity contribution in [3.63, 3.8) is 0 Å². The third kappa shape index (κ3) is 3.47. The molecule has 2 unspecified atom stereocenters. The second-order valence-corrected chi connectivity index (χ2v) is 5.26. The van der Waals surface area contributed by atoms with Crippen molar-refractivity contribution in [1.82, 2.24) is 5.32 Å². The van der Waals surface area contributed by atoms with Crippen LogP contribution in [-0.4, -0.2) is 18.9 Å². The fraction of sp³-hybridized carbons (Fsp3) is 0.909. The zero-order valence-corrected chi connectivity index (χ0v) is 8.97. The first-order valence-corrected chi connectivity index (χ1v) is 5.21. The van der Waals surface area contributed by atoms with Crippen LogP contribution in [0, 0.1) is 11.3 Å². The number of hydrogen-bond donors (Lipinski definition) is 1. The van der Waals surface area contributed by atoms with E-state index in [0.717, 1.165) is 12.8 Å². The van der Waals surface area contributed by atoms with Gasteiger partial charge in [-0.1, -0.05) is 20.8 Å². The Bertz CT molecular complexity index is 171. The van der Waals surface area contributed by atoms with Gasteiger partial charge in [0.15, 0.2) is 0 Å². The average Bonchev–Trinajstić information content (AvgIpc) is 2.46. The highest BCUT2D eigenvalue weighted by Gasteiger charge is 2.27. The Balaban J connectivity index is 2.32. The Morgan fingerprint density at radius 2 is 2.15 bits per heavy atom. The van der Waals surface area contributed by atoms with Gasteiger partial charge in [0.05, 0.1) is 6.04 Å². The lowest BCUT2D eigenvalue weighted by Gasteiger charge is -2.21. The van der Waals surface area contributed by atoms with Gasteiger partial charge >= 0.3 is 0 Å².